The number of amides is 2. The molecule has 8 nitrogen and oxygen atoms in total. The third kappa shape index (κ3) is 6.94. The fourth-order valence-electron chi connectivity index (χ4n) is 3.36. The number of anilines is 2. The minimum absolute atomic E-state index is 0.250. The average Bonchev–Trinajstić information content (AvgIpc) is 2.82. The van der Waals surface area contributed by atoms with Crippen molar-refractivity contribution in [3.63, 3.8) is 0 Å². The van der Waals surface area contributed by atoms with Crippen molar-refractivity contribution in [2.45, 2.75) is 19.9 Å². The van der Waals surface area contributed by atoms with Gasteiger partial charge in [-0.15, -0.1) is 0 Å². The zero-order valence-electron chi connectivity index (χ0n) is 18.7. The quantitative estimate of drug-likeness (QED) is 0.572. The monoisotopic (exact) mass is 473 g/mol. The molecular weight excluding hydrogens is 446 g/mol. The largest absolute Gasteiger partial charge is 0.454 e. The predicted octanol–water partition coefficient (Wildman–Crippen LogP) is 3.11. The van der Waals surface area contributed by atoms with Crippen LogP contribution in [-0.2, 0) is 19.1 Å². The smallest absolute Gasteiger partial charge is 0.329 e. The molecule has 0 unspecified atom stereocenters. The van der Waals surface area contributed by atoms with Crippen LogP contribution >= 0.6 is 11.6 Å². The molecule has 0 radical (unpaired) electrons. The molecule has 3 rings (SSSR count). The van der Waals surface area contributed by atoms with E-state index in [-0.39, 0.29) is 16.5 Å². The van der Waals surface area contributed by atoms with Crippen LogP contribution in [0.15, 0.2) is 48.5 Å². The fraction of sp³-hybridized carbons (Fsp3) is 0.375. The Morgan fingerprint density at radius 2 is 1.73 bits per heavy atom. The van der Waals surface area contributed by atoms with Crippen molar-refractivity contribution in [2.24, 2.45) is 5.92 Å². The number of carbonyl (C=O) groups is 3. The second-order valence-electron chi connectivity index (χ2n) is 7.98. The van der Waals surface area contributed by atoms with Gasteiger partial charge in [-0.1, -0.05) is 37.6 Å². The van der Waals surface area contributed by atoms with Crippen molar-refractivity contribution in [1.29, 1.82) is 0 Å². The van der Waals surface area contributed by atoms with Crippen LogP contribution in [0.2, 0.25) is 5.02 Å². The van der Waals surface area contributed by atoms with Crippen LogP contribution in [0.25, 0.3) is 0 Å². The lowest BCUT2D eigenvalue weighted by molar-refractivity contribution is -0.150. The summed E-state index contributed by atoms with van der Waals surface area (Å²) in [7, 11) is 0. The molecule has 0 aromatic heterocycles. The van der Waals surface area contributed by atoms with Crippen molar-refractivity contribution in [3.8, 4) is 0 Å². The number of nitrogens with one attached hydrogen (secondary N) is 2. The number of hydrogen-bond donors (Lipinski definition) is 2. The molecular formula is C24H28ClN3O5. The van der Waals surface area contributed by atoms with Crippen molar-refractivity contribution < 1.29 is 23.9 Å². The first-order valence-corrected chi connectivity index (χ1v) is 11.2. The third-order valence-electron chi connectivity index (χ3n) is 5.20. The number of morpholine rings is 1. The van der Waals surface area contributed by atoms with Gasteiger partial charge in [-0.2, -0.15) is 0 Å². The van der Waals surface area contributed by atoms with Gasteiger partial charge in [-0.05, 0) is 42.3 Å². The molecule has 1 aliphatic rings. The molecule has 1 atom stereocenters. The minimum atomic E-state index is -0.922. The van der Waals surface area contributed by atoms with E-state index < -0.39 is 30.4 Å². The molecule has 0 aliphatic carbocycles. The summed E-state index contributed by atoms with van der Waals surface area (Å²) in [6.07, 6.45) is 0. The lowest BCUT2D eigenvalue weighted by atomic mass is 10.0. The van der Waals surface area contributed by atoms with Crippen LogP contribution in [0.3, 0.4) is 0 Å². The summed E-state index contributed by atoms with van der Waals surface area (Å²) in [6, 6.07) is 13.1. The number of esters is 1. The van der Waals surface area contributed by atoms with Gasteiger partial charge in [0.15, 0.2) is 6.61 Å². The van der Waals surface area contributed by atoms with Crippen molar-refractivity contribution in [2.75, 3.05) is 43.1 Å². The van der Waals surface area contributed by atoms with Crippen LogP contribution in [0.4, 0.5) is 11.4 Å². The van der Waals surface area contributed by atoms with E-state index in [4.69, 9.17) is 21.1 Å². The zero-order chi connectivity index (χ0) is 23.8. The first kappa shape index (κ1) is 24.5. The highest BCUT2D eigenvalue weighted by atomic mass is 35.5. The van der Waals surface area contributed by atoms with Crippen LogP contribution in [0, 0.1) is 5.92 Å². The van der Waals surface area contributed by atoms with Crippen LogP contribution in [0.1, 0.15) is 24.2 Å². The van der Waals surface area contributed by atoms with E-state index in [9.17, 15) is 14.4 Å². The molecule has 1 aliphatic heterocycles. The summed E-state index contributed by atoms with van der Waals surface area (Å²) >= 11 is 6.06. The lowest BCUT2D eigenvalue weighted by Crippen LogP contribution is -2.46. The maximum Gasteiger partial charge on any atom is 0.329 e. The average molecular weight is 474 g/mol. The summed E-state index contributed by atoms with van der Waals surface area (Å²) in [6.45, 7) is 6.12. The van der Waals surface area contributed by atoms with E-state index in [1.807, 2.05) is 12.1 Å². The first-order valence-electron chi connectivity index (χ1n) is 10.8. The Balaban J connectivity index is 1.51. The lowest BCUT2D eigenvalue weighted by Gasteiger charge is -2.28. The maximum absolute atomic E-state index is 12.5. The minimum Gasteiger partial charge on any atom is -0.454 e. The Labute approximate surface area is 198 Å². The molecule has 0 bridgehead atoms. The Hall–Kier alpha value is -3.10. The molecule has 2 N–H and O–H groups in total. The Bertz CT molecular complexity index is 974. The van der Waals surface area contributed by atoms with Gasteiger partial charge in [0.25, 0.3) is 11.8 Å². The standard InChI is InChI=1S/C24H28ClN3O5/c1-16(2)22(27-23(30)19-5-3-4-6-20(19)25)24(31)33-15-21(29)26-17-7-9-18(10-8-17)28-11-13-32-14-12-28/h3-10,16,22H,11-15H2,1-2H3,(H,26,29)(H,27,30)/t22-/m0/s1. The number of benzene rings is 2. The summed E-state index contributed by atoms with van der Waals surface area (Å²) in [5, 5.41) is 5.63. The highest BCUT2D eigenvalue weighted by Crippen LogP contribution is 2.19. The number of halogens is 1. The summed E-state index contributed by atoms with van der Waals surface area (Å²) in [5.41, 5.74) is 1.91. The number of rotatable bonds is 8. The molecule has 0 saturated carbocycles. The van der Waals surface area contributed by atoms with Gasteiger partial charge in [-0.25, -0.2) is 4.79 Å². The van der Waals surface area contributed by atoms with E-state index >= 15 is 0 Å². The number of carbonyl (C=O) groups excluding carboxylic acids is 3. The van der Waals surface area contributed by atoms with Gasteiger partial charge in [0.1, 0.15) is 6.04 Å². The predicted molar refractivity (Wildman–Crippen MR) is 127 cm³/mol. The second kappa shape index (κ2) is 11.7. The third-order valence-corrected chi connectivity index (χ3v) is 5.53. The molecule has 1 heterocycles. The Morgan fingerprint density at radius 3 is 2.36 bits per heavy atom. The van der Waals surface area contributed by atoms with E-state index in [0.29, 0.717) is 18.9 Å². The normalized spacial score (nSPS) is 14.5. The van der Waals surface area contributed by atoms with Crippen LogP contribution in [0.5, 0.6) is 0 Å². The highest BCUT2D eigenvalue weighted by Gasteiger charge is 2.27. The van der Waals surface area contributed by atoms with Gasteiger partial charge in [0, 0.05) is 24.5 Å². The highest BCUT2D eigenvalue weighted by molar-refractivity contribution is 6.33. The van der Waals surface area contributed by atoms with Crippen LogP contribution < -0.4 is 15.5 Å². The summed E-state index contributed by atoms with van der Waals surface area (Å²) in [5.74, 6) is -1.90. The number of ether oxygens (including phenoxy) is 2. The molecule has 176 valence electrons. The number of hydrogen-bond acceptors (Lipinski definition) is 6. The molecule has 2 aromatic carbocycles. The maximum atomic E-state index is 12.5. The number of nitrogens with zero attached hydrogens (tertiary/aromatic N) is 1. The van der Waals surface area contributed by atoms with Crippen LogP contribution in [-0.4, -0.2) is 56.7 Å². The molecule has 33 heavy (non-hydrogen) atoms. The molecule has 1 saturated heterocycles. The summed E-state index contributed by atoms with van der Waals surface area (Å²) < 4.78 is 10.5. The van der Waals surface area contributed by atoms with E-state index in [1.54, 1.807) is 50.2 Å². The van der Waals surface area contributed by atoms with Gasteiger partial charge in [0.2, 0.25) is 0 Å². The SMILES string of the molecule is CC(C)[C@H](NC(=O)c1ccccc1Cl)C(=O)OCC(=O)Nc1ccc(N2CCOCC2)cc1. The van der Waals surface area contributed by atoms with E-state index in [1.165, 1.54) is 0 Å². The molecule has 9 heteroatoms. The van der Waals surface area contributed by atoms with E-state index in [0.717, 1.165) is 18.8 Å². The zero-order valence-corrected chi connectivity index (χ0v) is 19.4. The van der Waals surface area contributed by atoms with Crippen molar-refractivity contribution in [1.82, 2.24) is 5.32 Å². The molecule has 2 amide bonds. The van der Waals surface area contributed by atoms with Crippen molar-refractivity contribution >= 4 is 40.8 Å². The molecule has 1 fully saturated rings. The molecule has 0 spiro atoms. The Kier molecular flexibility index (Phi) is 8.68. The summed E-state index contributed by atoms with van der Waals surface area (Å²) in [4.78, 5) is 39.5. The van der Waals surface area contributed by atoms with Gasteiger partial charge >= 0.3 is 5.97 Å². The first-order chi connectivity index (χ1) is 15.8. The van der Waals surface area contributed by atoms with Gasteiger partial charge in [-0.3, -0.25) is 9.59 Å². The Morgan fingerprint density at radius 1 is 1.06 bits per heavy atom. The van der Waals surface area contributed by atoms with Crippen molar-refractivity contribution in [3.05, 3.63) is 59.1 Å². The fourth-order valence-corrected chi connectivity index (χ4v) is 3.58. The van der Waals surface area contributed by atoms with E-state index in [2.05, 4.69) is 15.5 Å². The van der Waals surface area contributed by atoms with Gasteiger partial charge in [0.05, 0.1) is 23.8 Å². The molecule has 2 aromatic rings. The van der Waals surface area contributed by atoms with Gasteiger partial charge < -0.3 is 25.0 Å². The second-order valence-corrected chi connectivity index (χ2v) is 8.38. The topological polar surface area (TPSA) is 97.0 Å².